The summed E-state index contributed by atoms with van der Waals surface area (Å²) in [4.78, 5) is 1.32. The van der Waals surface area contributed by atoms with Gasteiger partial charge in [-0.15, -0.1) is 23.4 Å². The molecule has 0 bridgehead atoms. The van der Waals surface area contributed by atoms with Crippen LogP contribution in [0.4, 0.5) is 0 Å². The Labute approximate surface area is 93.3 Å². The molecule has 14 heavy (non-hydrogen) atoms. The first-order chi connectivity index (χ1) is 6.92. The number of benzene rings is 2. The fourth-order valence-electron chi connectivity index (χ4n) is 1.47. The average molecular weight is 223 g/mol. The summed E-state index contributed by atoms with van der Waals surface area (Å²) in [6.07, 6.45) is 0. The van der Waals surface area contributed by atoms with Crippen LogP contribution >= 0.6 is 23.4 Å². The molecule has 0 heterocycles. The standard InChI is InChI=1S/C12H11ClS/c13-8-9-14-12-7-3-5-10-4-1-2-6-11(10)12/h1-7H,8-9H2. The first kappa shape index (κ1) is 9.88. The first-order valence-corrected chi connectivity index (χ1v) is 6.10. The van der Waals surface area contributed by atoms with Crippen LogP contribution in [0.2, 0.25) is 0 Å². The lowest BCUT2D eigenvalue weighted by Crippen LogP contribution is -1.81. The van der Waals surface area contributed by atoms with E-state index < -0.39 is 0 Å². The van der Waals surface area contributed by atoms with Crippen molar-refractivity contribution in [1.29, 1.82) is 0 Å². The second-order valence-electron chi connectivity index (χ2n) is 3.01. The van der Waals surface area contributed by atoms with Gasteiger partial charge in [0.15, 0.2) is 0 Å². The van der Waals surface area contributed by atoms with Gasteiger partial charge in [-0.1, -0.05) is 36.4 Å². The summed E-state index contributed by atoms with van der Waals surface area (Å²) in [5, 5.41) is 2.62. The molecule has 0 aliphatic rings. The number of fused-ring (bicyclic) bond motifs is 1. The zero-order valence-corrected chi connectivity index (χ0v) is 9.31. The van der Waals surface area contributed by atoms with Crippen molar-refractivity contribution in [2.24, 2.45) is 0 Å². The summed E-state index contributed by atoms with van der Waals surface area (Å²) in [5.74, 6) is 1.67. The van der Waals surface area contributed by atoms with Gasteiger partial charge in [-0.3, -0.25) is 0 Å². The van der Waals surface area contributed by atoms with Crippen molar-refractivity contribution in [3.05, 3.63) is 42.5 Å². The lowest BCUT2D eigenvalue weighted by Gasteiger charge is -2.04. The number of thioether (sulfide) groups is 1. The molecule has 0 saturated heterocycles. The fourth-order valence-corrected chi connectivity index (χ4v) is 2.51. The van der Waals surface area contributed by atoms with E-state index in [4.69, 9.17) is 11.6 Å². The van der Waals surface area contributed by atoms with E-state index in [-0.39, 0.29) is 0 Å². The predicted molar refractivity (Wildman–Crippen MR) is 65.4 cm³/mol. The van der Waals surface area contributed by atoms with Crippen molar-refractivity contribution in [2.75, 3.05) is 11.6 Å². The summed E-state index contributed by atoms with van der Waals surface area (Å²) >= 11 is 7.50. The molecule has 2 aromatic carbocycles. The molecule has 0 aliphatic carbocycles. The van der Waals surface area contributed by atoms with E-state index in [1.54, 1.807) is 0 Å². The van der Waals surface area contributed by atoms with Gasteiger partial charge in [0.05, 0.1) is 0 Å². The molecule has 0 radical (unpaired) electrons. The maximum absolute atomic E-state index is 5.68. The molecule has 0 unspecified atom stereocenters. The van der Waals surface area contributed by atoms with Gasteiger partial charge >= 0.3 is 0 Å². The highest BCUT2D eigenvalue weighted by Gasteiger charge is 1.99. The molecule has 0 aromatic heterocycles. The van der Waals surface area contributed by atoms with Gasteiger partial charge < -0.3 is 0 Å². The first-order valence-electron chi connectivity index (χ1n) is 4.58. The van der Waals surface area contributed by atoms with E-state index in [9.17, 15) is 0 Å². The summed E-state index contributed by atoms with van der Waals surface area (Å²) < 4.78 is 0. The lowest BCUT2D eigenvalue weighted by molar-refractivity contribution is 1.48. The predicted octanol–water partition coefficient (Wildman–Crippen LogP) is 4.17. The molecule has 2 aromatic rings. The normalized spacial score (nSPS) is 10.6. The largest absolute Gasteiger partial charge is 0.126 e. The van der Waals surface area contributed by atoms with Gasteiger partial charge in [0.2, 0.25) is 0 Å². The zero-order valence-electron chi connectivity index (χ0n) is 7.74. The van der Waals surface area contributed by atoms with Crippen molar-refractivity contribution in [1.82, 2.24) is 0 Å². The summed E-state index contributed by atoms with van der Waals surface area (Å²) in [6.45, 7) is 0. The molecule has 2 heteroatoms. The van der Waals surface area contributed by atoms with E-state index in [1.165, 1.54) is 15.7 Å². The van der Waals surface area contributed by atoms with Crippen LogP contribution in [0.3, 0.4) is 0 Å². The zero-order chi connectivity index (χ0) is 9.80. The summed E-state index contributed by atoms with van der Waals surface area (Å²) in [5.41, 5.74) is 0. The van der Waals surface area contributed by atoms with E-state index in [0.717, 1.165) is 5.75 Å². The van der Waals surface area contributed by atoms with Crippen LogP contribution in [0.5, 0.6) is 0 Å². The Kier molecular flexibility index (Phi) is 3.33. The Bertz CT molecular complexity index is 420. The molecule has 0 aliphatic heterocycles. The van der Waals surface area contributed by atoms with Gasteiger partial charge in [0.1, 0.15) is 0 Å². The van der Waals surface area contributed by atoms with Crippen molar-refractivity contribution in [3.63, 3.8) is 0 Å². The van der Waals surface area contributed by atoms with E-state index >= 15 is 0 Å². The van der Waals surface area contributed by atoms with E-state index in [2.05, 4.69) is 42.5 Å². The summed E-state index contributed by atoms with van der Waals surface area (Å²) in [7, 11) is 0. The van der Waals surface area contributed by atoms with Gasteiger partial charge in [-0.05, 0) is 16.8 Å². The Morgan fingerprint density at radius 2 is 1.79 bits per heavy atom. The highest BCUT2D eigenvalue weighted by Crippen LogP contribution is 2.27. The van der Waals surface area contributed by atoms with Crippen molar-refractivity contribution in [3.8, 4) is 0 Å². The number of halogens is 1. The minimum Gasteiger partial charge on any atom is -0.126 e. The number of rotatable bonds is 3. The topological polar surface area (TPSA) is 0 Å². The highest BCUT2D eigenvalue weighted by atomic mass is 35.5. The van der Waals surface area contributed by atoms with E-state index in [0.29, 0.717) is 5.88 Å². The van der Waals surface area contributed by atoms with Crippen LogP contribution in [0.1, 0.15) is 0 Å². The van der Waals surface area contributed by atoms with Crippen molar-refractivity contribution >= 4 is 34.1 Å². The summed E-state index contributed by atoms with van der Waals surface area (Å²) in [6, 6.07) is 14.8. The molecule has 0 atom stereocenters. The smallest absolute Gasteiger partial charge is 0.0317 e. The third-order valence-corrected chi connectivity index (χ3v) is 3.57. The molecule has 0 N–H and O–H groups in total. The van der Waals surface area contributed by atoms with Crippen LogP contribution in [0.25, 0.3) is 10.8 Å². The van der Waals surface area contributed by atoms with E-state index in [1.807, 2.05) is 11.8 Å². The minimum atomic E-state index is 0.702. The van der Waals surface area contributed by atoms with Crippen LogP contribution in [0.15, 0.2) is 47.4 Å². The Hall–Kier alpha value is -0.660. The molecule has 0 nitrogen and oxygen atoms in total. The second kappa shape index (κ2) is 4.72. The molecule has 72 valence electrons. The van der Waals surface area contributed by atoms with Gasteiger partial charge in [0, 0.05) is 16.5 Å². The number of hydrogen-bond acceptors (Lipinski definition) is 1. The Morgan fingerprint density at radius 1 is 1.00 bits per heavy atom. The van der Waals surface area contributed by atoms with Crippen molar-refractivity contribution in [2.45, 2.75) is 4.90 Å². The van der Waals surface area contributed by atoms with Crippen molar-refractivity contribution < 1.29 is 0 Å². The molecule has 0 spiro atoms. The van der Waals surface area contributed by atoms with Gasteiger partial charge in [-0.2, -0.15) is 0 Å². The van der Waals surface area contributed by atoms with Crippen LogP contribution in [-0.2, 0) is 0 Å². The average Bonchev–Trinajstić information content (AvgIpc) is 2.26. The molecule has 2 rings (SSSR count). The molecule has 0 amide bonds. The van der Waals surface area contributed by atoms with Gasteiger partial charge in [-0.25, -0.2) is 0 Å². The number of alkyl halides is 1. The minimum absolute atomic E-state index is 0.702. The Balaban J connectivity index is 2.43. The molecular formula is C12H11ClS. The molecular weight excluding hydrogens is 212 g/mol. The lowest BCUT2D eigenvalue weighted by atomic mass is 10.1. The Morgan fingerprint density at radius 3 is 2.64 bits per heavy atom. The SMILES string of the molecule is ClCCSc1cccc2ccccc12. The fraction of sp³-hybridized carbons (Fsp3) is 0.167. The maximum Gasteiger partial charge on any atom is 0.0317 e. The third kappa shape index (κ3) is 2.05. The van der Waals surface area contributed by atoms with Gasteiger partial charge in [0.25, 0.3) is 0 Å². The van der Waals surface area contributed by atoms with Crippen LogP contribution in [0, 0.1) is 0 Å². The maximum atomic E-state index is 5.68. The third-order valence-electron chi connectivity index (χ3n) is 2.08. The second-order valence-corrected chi connectivity index (χ2v) is 4.53. The highest BCUT2D eigenvalue weighted by molar-refractivity contribution is 7.99. The molecule has 0 fully saturated rings. The quantitative estimate of drug-likeness (QED) is 0.555. The molecule has 0 saturated carbocycles. The monoisotopic (exact) mass is 222 g/mol. The number of hydrogen-bond donors (Lipinski definition) is 0. The van der Waals surface area contributed by atoms with Crippen LogP contribution in [-0.4, -0.2) is 11.6 Å². The van der Waals surface area contributed by atoms with Crippen LogP contribution < -0.4 is 0 Å².